The first-order valence-corrected chi connectivity index (χ1v) is 5.90. The van der Waals surface area contributed by atoms with Crippen molar-refractivity contribution in [3.63, 3.8) is 0 Å². The molecule has 16 heavy (non-hydrogen) atoms. The van der Waals surface area contributed by atoms with Gasteiger partial charge in [-0.2, -0.15) is 0 Å². The van der Waals surface area contributed by atoms with Gasteiger partial charge in [0, 0.05) is 5.56 Å². The standard InChI is InChI=1S/C8H6Cl2O2.CHCl3/c1-12-7-3-2-5(8(10)11)4-6(7)9;2-1(3)4/h2-4H,1H3;1H. The Balaban J connectivity index is 0.000000487. The van der Waals surface area contributed by atoms with E-state index in [9.17, 15) is 4.79 Å². The number of halogens is 5. The van der Waals surface area contributed by atoms with Gasteiger partial charge in [0.2, 0.25) is 0 Å². The molecule has 1 aromatic rings. The van der Waals surface area contributed by atoms with E-state index in [1.54, 1.807) is 12.1 Å². The Hall–Kier alpha value is 0.140. The molecule has 0 saturated carbocycles. The van der Waals surface area contributed by atoms with Gasteiger partial charge in [-0.1, -0.05) is 46.4 Å². The van der Waals surface area contributed by atoms with E-state index in [4.69, 9.17) is 62.7 Å². The second kappa shape index (κ2) is 8.26. The second-order valence-corrected chi connectivity index (χ2v) is 5.10. The minimum atomic E-state index is -0.750. The van der Waals surface area contributed by atoms with Crippen LogP contribution < -0.4 is 4.74 Å². The van der Waals surface area contributed by atoms with Crippen LogP contribution in [0.4, 0.5) is 0 Å². The largest absolute Gasteiger partial charge is 0.495 e. The minimum Gasteiger partial charge on any atom is -0.495 e. The van der Waals surface area contributed by atoms with Gasteiger partial charge in [0.05, 0.1) is 12.1 Å². The van der Waals surface area contributed by atoms with Crippen molar-refractivity contribution < 1.29 is 9.53 Å². The predicted molar refractivity (Wildman–Crippen MR) is 69.5 cm³/mol. The summed E-state index contributed by atoms with van der Waals surface area (Å²) in [5.41, 5.74) is 0.363. The van der Waals surface area contributed by atoms with E-state index in [0.717, 1.165) is 0 Å². The van der Waals surface area contributed by atoms with Crippen LogP contribution in [0.1, 0.15) is 10.4 Å². The van der Waals surface area contributed by atoms with E-state index in [-0.39, 0.29) is 0 Å². The number of benzene rings is 1. The number of alkyl halides is 3. The zero-order valence-electron chi connectivity index (χ0n) is 8.02. The molecule has 2 nitrogen and oxygen atoms in total. The summed E-state index contributed by atoms with van der Waals surface area (Å²) in [4.78, 5) is 10.7. The van der Waals surface area contributed by atoms with Gasteiger partial charge in [0.25, 0.3) is 5.24 Å². The van der Waals surface area contributed by atoms with Gasteiger partial charge in [0.15, 0.2) is 4.30 Å². The van der Waals surface area contributed by atoms with Crippen LogP contribution in [0.25, 0.3) is 0 Å². The summed E-state index contributed by atoms with van der Waals surface area (Å²) in [6, 6.07) is 4.62. The van der Waals surface area contributed by atoms with E-state index < -0.39 is 9.54 Å². The topological polar surface area (TPSA) is 26.3 Å². The molecule has 0 aliphatic carbocycles. The SMILES string of the molecule is COc1ccc(C(=O)Cl)cc1Cl.ClC(Cl)Cl. The summed E-state index contributed by atoms with van der Waals surface area (Å²) in [6.45, 7) is 0. The van der Waals surface area contributed by atoms with E-state index in [2.05, 4.69) is 0 Å². The van der Waals surface area contributed by atoms with Crippen LogP contribution in [-0.2, 0) is 0 Å². The van der Waals surface area contributed by atoms with Crippen molar-refractivity contribution >= 4 is 63.2 Å². The Morgan fingerprint density at radius 3 is 2.12 bits per heavy atom. The third-order valence-electron chi connectivity index (χ3n) is 1.38. The van der Waals surface area contributed by atoms with Crippen LogP contribution in [0.15, 0.2) is 18.2 Å². The van der Waals surface area contributed by atoms with Crippen LogP contribution in [0.2, 0.25) is 5.02 Å². The first kappa shape index (κ1) is 16.1. The van der Waals surface area contributed by atoms with Crippen molar-refractivity contribution in [1.82, 2.24) is 0 Å². The molecule has 0 aliphatic rings. The van der Waals surface area contributed by atoms with Crippen molar-refractivity contribution in [2.45, 2.75) is 4.30 Å². The maximum atomic E-state index is 10.7. The van der Waals surface area contributed by atoms with Crippen LogP contribution >= 0.6 is 58.0 Å². The van der Waals surface area contributed by atoms with Gasteiger partial charge in [0.1, 0.15) is 5.75 Å². The molecule has 1 rings (SSSR count). The maximum absolute atomic E-state index is 10.7. The molecule has 90 valence electrons. The Kier molecular flexibility index (Phi) is 8.34. The molecular formula is C9H7Cl5O2. The van der Waals surface area contributed by atoms with Crippen LogP contribution in [0.5, 0.6) is 5.75 Å². The third-order valence-corrected chi connectivity index (χ3v) is 1.89. The van der Waals surface area contributed by atoms with Crippen LogP contribution in [0.3, 0.4) is 0 Å². The van der Waals surface area contributed by atoms with Crippen molar-refractivity contribution in [1.29, 1.82) is 0 Å². The minimum absolute atomic E-state index is 0.363. The molecular weight excluding hydrogens is 317 g/mol. The molecule has 0 bridgehead atoms. The van der Waals surface area contributed by atoms with E-state index in [1.807, 2.05) is 0 Å². The third kappa shape index (κ3) is 6.66. The van der Waals surface area contributed by atoms with Gasteiger partial charge in [-0.15, -0.1) is 0 Å². The molecule has 0 unspecified atom stereocenters. The molecule has 0 radical (unpaired) electrons. The van der Waals surface area contributed by atoms with Crippen molar-refractivity contribution in [2.24, 2.45) is 0 Å². The molecule has 0 aliphatic heterocycles. The highest BCUT2D eigenvalue weighted by atomic mass is 35.6. The molecule has 0 fully saturated rings. The monoisotopic (exact) mass is 322 g/mol. The Bertz CT molecular complexity index is 351. The number of carbonyl (C=O) groups excluding carboxylic acids is 1. The summed E-state index contributed by atoms with van der Waals surface area (Å²) >= 11 is 25.4. The predicted octanol–water partition coefficient (Wildman–Crippen LogP) is 4.71. The molecule has 0 N–H and O–H groups in total. The Morgan fingerprint density at radius 2 is 1.81 bits per heavy atom. The fourth-order valence-electron chi connectivity index (χ4n) is 0.789. The van der Waals surface area contributed by atoms with Gasteiger partial charge in [-0.25, -0.2) is 0 Å². The zero-order valence-corrected chi connectivity index (χ0v) is 11.8. The molecule has 0 heterocycles. The molecule has 0 aromatic heterocycles. The van der Waals surface area contributed by atoms with Gasteiger partial charge < -0.3 is 4.74 Å². The lowest BCUT2D eigenvalue weighted by atomic mass is 10.2. The fourth-order valence-corrected chi connectivity index (χ4v) is 1.16. The first-order valence-electron chi connectivity index (χ1n) is 3.84. The number of hydrogen-bond donors (Lipinski definition) is 0. The summed E-state index contributed by atoms with van der Waals surface area (Å²) in [6.07, 6.45) is 0. The number of methoxy groups -OCH3 is 1. The highest BCUT2D eigenvalue weighted by molar-refractivity contribution is 6.67. The van der Waals surface area contributed by atoms with E-state index in [1.165, 1.54) is 13.2 Å². The van der Waals surface area contributed by atoms with Gasteiger partial charge in [-0.05, 0) is 29.8 Å². The average molecular weight is 324 g/mol. The van der Waals surface area contributed by atoms with Crippen LogP contribution in [0, 0.1) is 0 Å². The van der Waals surface area contributed by atoms with E-state index in [0.29, 0.717) is 16.3 Å². The number of carbonyl (C=O) groups is 1. The average Bonchev–Trinajstić information content (AvgIpc) is 2.16. The number of ether oxygens (including phenoxy) is 1. The normalized spacial score (nSPS) is 9.44. The molecule has 7 heteroatoms. The summed E-state index contributed by atoms with van der Waals surface area (Å²) < 4.78 is 4.14. The smallest absolute Gasteiger partial charge is 0.252 e. The summed E-state index contributed by atoms with van der Waals surface area (Å²) in [7, 11) is 1.50. The molecule has 0 saturated heterocycles. The Labute approximate surface area is 118 Å². The molecule has 0 amide bonds. The molecule has 0 spiro atoms. The highest BCUT2D eigenvalue weighted by Crippen LogP contribution is 2.25. The van der Waals surface area contributed by atoms with E-state index >= 15 is 0 Å². The lowest BCUT2D eigenvalue weighted by Gasteiger charge is -2.02. The number of hydrogen-bond acceptors (Lipinski definition) is 2. The second-order valence-electron chi connectivity index (χ2n) is 2.37. The van der Waals surface area contributed by atoms with Crippen molar-refractivity contribution in [3.8, 4) is 5.75 Å². The number of rotatable bonds is 2. The lowest BCUT2D eigenvalue weighted by molar-refractivity contribution is 0.108. The van der Waals surface area contributed by atoms with Crippen molar-refractivity contribution in [3.05, 3.63) is 28.8 Å². The summed E-state index contributed by atoms with van der Waals surface area (Å²) in [5, 5.41) is -0.149. The van der Waals surface area contributed by atoms with Gasteiger partial charge in [-0.3, -0.25) is 4.79 Å². The lowest BCUT2D eigenvalue weighted by Crippen LogP contribution is -1.90. The van der Waals surface area contributed by atoms with Gasteiger partial charge >= 0.3 is 0 Å². The fraction of sp³-hybridized carbons (Fsp3) is 0.222. The zero-order chi connectivity index (χ0) is 12.7. The molecule has 1 aromatic carbocycles. The molecule has 0 atom stereocenters. The first-order chi connectivity index (χ1) is 7.38. The Morgan fingerprint density at radius 1 is 1.31 bits per heavy atom. The summed E-state index contributed by atoms with van der Waals surface area (Å²) in [5.74, 6) is 0.526. The highest BCUT2D eigenvalue weighted by Gasteiger charge is 2.05. The maximum Gasteiger partial charge on any atom is 0.252 e. The van der Waals surface area contributed by atoms with Crippen LogP contribution in [-0.4, -0.2) is 16.6 Å². The van der Waals surface area contributed by atoms with Crippen molar-refractivity contribution in [2.75, 3.05) is 7.11 Å². The quantitative estimate of drug-likeness (QED) is 0.581.